The Kier molecular flexibility index (Phi) is 4.05. The number of carbonyl (C=O) groups excluding carboxylic acids is 2. The van der Waals surface area contributed by atoms with Gasteiger partial charge >= 0.3 is 0 Å². The second-order valence-electron chi connectivity index (χ2n) is 6.84. The molecular formula is C17H26N2O2. The van der Waals surface area contributed by atoms with Gasteiger partial charge in [-0.15, -0.1) is 0 Å². The Morgan fingerprint density at radius 2 is 1.90 bits per heavy atom. The van der Waals surface area contributed by atoms with Crippen molar-refractivity contribution in [2.24, 2.45) is 0 Å². The van der Waals surface area contributed by atoms with Crippen molar-refractivity contribution in [3.8, 4) is 0 Å². The van der Waals surface area contributed by atoms with Crippen molar-refractivity contribution in [1.82, 2.24) is 9.80 Å². The lowest BCUT2D eigenvalue weighted by molar-refractivity contribution is -0.133. The second kappa shape index (κ2) is 5.82. The molecule has 0 bridgehead atoms. The Morgan fingerprint density at radius 1 is 1.19 bits per heavy atom. The van der Waals surface area contributed by atoms with E-state index in [0.29, 0.717) is 6.42 Å². The summed E-state index contributed by atoms with van der Waals surface area (Å²) in [6.07, 6.45) is 6.96. The van der Waals surface area contributed by atoms with Crippen molar-refractivity contribution in [3.05, 3.63) is 11.1 Å². The highest BCUT2D eigenvalue weighted by molar-refractivity contribution is 6.02. The van der Waals surface area contributed by atoms with E-state index in [4.69, 9.17) is 0 Å². The molecule has 4 heteroatoms. The topological polar surface area (TPSA) is 40.6 Å². The fraction of sp³-hybridized carbons (Fsp3) is 0.765. The van der Waals surface area contributed by atoms with Crippen molar-refractivity contribution in [1.29, 1.82) is 0 Å². The van der Waals surface area contributed by atoms with Gasteiger partial charge in [0, 0.05) is 24.7 Å². The van der Waals surface area contributed by atoms with Gasteiger partial charge in [0.15, 0.2) is 0 Å². The highest BCUT2D eigenvalue weighted by Crippen LogP contribution is 2.39. The first kappa shape index (κ1) is 14.6. The van der Waals surface area contributed by atoms with Crippen molar-refractivity contribution in [3.63, 3.8) is 0 Å². The summed E-state index contributed by atoms with van der Waals surface area (Å²) in [5, 5.41) is 0. The molecule has 3 rings (SSSR count). The maximum absolute atomic E-state index is 12.8. The highest BCUT2D eigenvalue weighted by atomic mass is 16.2. The number of hydrogen-bond acceptors (Lipinski definition) is 2. The van der Waals surface area contributed by atoms with Gasteiger partial charge in [0.1, 0.15) is 0 Å². The minimum absolute atomic E-state index is 0.124. The molecule has 2 fully saturated rings. The lowest BCUT2D eigenvalue weighted by atomic mass is 9.88. The molecule has 116 valence electrons. The minimum atomic E-state index is 0.124. The minimum Gasteiger partial charge on any atom is -0.342 e. The van der Waals surface area contributed by atoms with Crippen LogP contribution in [0.3, 0.4) is 0 Å². The van der Waals surface area contributed by atoms with Gasteiger partial charge in [-0.1, -0.05) is 6.42 Å². The molecular weight excluding hydrogens is 264 g/mol. The summed E-state index contributed by atoms with van der Waals surface area (Å²) < 4.78 is 0. The molecule has 0 aromatic heterocycles. The Hall–Kier alpha value is -1.32. The molecule has 0 aromatic carbocycles. The molecule has 3 aliphatic rings. The van der Waals surface area contributed by atoms with Crippen LogP contribution >= 0.6 is 0 Å². The Labute approximate surface area is 127 Å². The van der Waals surface area contributed by atoms with E-state index in [9.17, 15) is 9.59 Å². The van der Waals surface area contributed by atoms with Crippen LogP contribution in [0, 0.1) is 0 Å². The van der Waals surface area contributed by atoms with E-state index in [1.165, 1.54) is 12.0 Å². The fourth-order valence-corrected chi connectivity index (χ4v) is 4.10. The molecule has 0 spiro atoms. The van der Waals surface area contributed by atoms with Gasteiger partial charge < -0.3 is 9.80 Å². The molecule has 1 aliphatic carbocycles. The second-order valence-corrected chi connectivity index (χ2v) is 6.84. The smallest absolute Gasteiger partial charge is 0.251 e. The zero-order chi connectivity index (χ0) is 15.0. The van der Waals surface area contributed by atoms with Crippen LogP contribution in [0.4, 0.5) is 0 Å². The SMILES string of the molecule is CC(C)N1C(=O)C(CC(=O)N2CCCC2)=C2CCCCC21. The van der Waals surface area contributed by atoms with E-state index < -0.39 is 0 Å². The molecule has 2 aliphatic heterocycles. The summed E-state index contributed by atoms with van der Waals surface area (Å²) in [7, 11) is 0. The van der Waals surface area contributed by atoms with E-state index in [-0.39, 0.29) is 23.9 Å². The zero-order valence-corrected chi connectivity index (χ0v) is 13.2. The van der Waals surface area contributed by atoms with Crippen LogP contribution in [0.2, 0.25) is 0 Å². The monoisotopic (exact) mass is 290 g/mol. The lowest BCUT2D eigenvalue weighted by Gasteiger charge is -2.33. The van der Waals surface area contributed by atoms with Gasteiger partial charge in [-0.05, 0) is 51.5 Å². The normalized spacial score (nSPS) is 26.0. The third kappa shape index (κ3) is 2.60. The predicted octanol–water partition coefficient (Wildman–Crippen LogP) is 2.49. The largest absolute Gasteiger partial charge is 0.342 e. The number of nitrogens with zero attached hydrogens (tertiary/aromatic N) is 2. The van der Waals surface area contributed by atoms with E-state index in [2.05, 4.69) is 13.8 Å². The first-order chi connectivity index (χ1) is 10.1. The molecule has 0 N–H and O–H groups in total. The maximum Gasteiger partial charge on any atom is 0.251 e. The van der Waals surface area contributed by atoms with Gasteiger partial charge in [-0.3, -0.25) is 9.59 Å². The summed E-state index contributed by atoms with van der Waals surface area (Å²) in [5.41, 5.74) is 2.10. The molecule has 1 unspecified atom stereocenters. The molecule has 1 saturated carbocycles. The van der Waals surface area contributed by atoms with Crippen molar-refractivity contribution < 1.29 is 9.59 Å². The summed E-state index contributed by atoms with van der Waals surface area (Å²) >= 11 is 0. The Bertz CT molecular complexity index is 475. The fourth-order valence-electron chi connectivity index (χ4n) is 4.10. The molecule has 4 nitrogen and oxygen atoms in total. The van der Waals surface area contributed by atoms with Crippen molar-refractivity contribution in [2.75, 3.05) is 13.1 Å². The molecule has 1 atom stereocenters. The Morgan fingerprint density at radius 3 is 2.57 bits per heavy atom. The van der Waals surface area contributed by atoms with Crippen LogP contribution in [0.15, 0.2) is 11.1 Å². The number of amides is 2. The van der Waals surface area contributed by atoms with E-state index in [0.717, 1.165) is 50.8 Å². The quantitative estimate of drug-likeness (QED) is 0.801. The summed E-state index contributed by atoms with van der Waals surface area (Å²) in [6.45, 7) is 5.89. The highest BCUT2D eigenvalue weighted by Gasteiger charge is 2.41. The average molecular weight is 290 g/mol. The number of rotatable bonds is 3. The summed E-state index contributed by atoms with van der Waals surface area (Å²) in [5.74, 6) is 0.276. The number of likely N-dealkylation sites (tertiary alicyclic amines) is 1. The summed E-state index contributed by atoms with van der Waals surface area (Å²) in [4.78, 5) is 29.1. The maximum atomic E-state index is 12.8. The lowest BCUT2D eigenvalue weighted by Crippen LogP contribution is -2.41. The predicted molar refractivity (Wildman–Crippen MR) is 81.7 cm³/mol. The van der Waals surface area contributed by atoms with E-state index in [1.54, 1.807) is 0 Å². The molecule has 2 heterocycles. The van der Waals surface area contributed by atoms with Crippen LogP contribution in [0.25, 0.3) is 0 Å². The molecule has 0 radical (unpaired) electrons. The van der Waals surface area contributed by atoms with Gasteiger partial charge in [-0.25, -0.2) is 0 Å². The third-order valence-corrected chi connectivity index (χ3v) is 5.14. The first-order valence-corrected chi connectivity index (χ1v) is 8.42. The first-order valence-electron chi connectivity index (χ1n) is 8.42. The van der Waals surface area contributed by atoms with Gasteiger partial charge in [0.05, 0.1) is 12.5 Å². The standard InChI is InChI=1S/C17H26N2O2/c1-12(2)19-15-8-4-3-7-13(15)14(17(19)21)11-16(20)18-9-5-6-10-18/h12,15H,3-11H2,1-2H3. The van der Waals surface area contributed by atoms with Crippen molar-refractivity contribution >= 4 is 11.8 Å². The van der Waals surface area contributed by atoms with E-state index >= 15 is 0 Å². The number of fused-ring (bicyclic) bond motifs is 1. The Balaban J connectivity index is 1.81. The molecule has 2 amide bonds. The molecule has 21 heavy (non-hydrogen) atoms. The summed E-state index contributed by atoms with van der Waals surface area (Å²) in [6, 6.07) is 0.489. The van der Waals surface area contributed by atoms with Crippen LogP contribution in [-0.4, -0.2) is 46.8 Å². The number of hydrogen-bond donors (Lipinski definition) is 0. The van der Waals surface area contributed by atoms with Crippen molar-refractivity contribution in [2.45, 2.75) is 70.9 Å². The van der Waals surface area contributed by atoms with Crippen LogP contribution in [-0.2, 0) is 9.59 Å². The van der Waals surface area contributed by atoms with Crippen LogP contribution < -0.4 is 0 Å². The van der Waals surface area contributed by atoms with Gasteiger partial charge in [0.25, 0.3) is 5.91 Å². The van der Waals surface area contributed by atoms with Crippen LogP contribution in [0.1, 0.15) is 58.8 Å². The van der Waals surface area contributed by atoms with Crippen LogP contribution in [0.5, 0.6) is 0 Å². The number of carbonyl (C=O) groups is 2. The van der Waals surface area contributed by atoms with E-state index in [1.807, 2.05) is 9.80 Å². The molecule has 0 aromatic rings. The zero-order valence-electron chi connectivity index (χ0n) is 13.2. The van der Waals surface area contributed by atoms with Gasteiger partial charge in [0.2, 0.25) is 5.91 Å². The average Bonchev–Trinajstić information content (AvgIpc) is 3.06. The third-order valence-electron chi connectivity index (χ3n) is 5.14. The van der Waals surface area contributed by atoms with Gasteiger partial charge in [-0.2, -0.15) is 0 Å². The molecule has 1 saturated heterocycles.